The van der Waals surface area contributed by atoms with E-state index in [1.54, 1.807) is 31.5 Å². The monoisotopic (exact) mass is 265 g/mol. The fourth-order valence-electron chi connectivity index (χ4n) is 1.40. The van der Waals surface area contributed by atoms with E-state index >= 15 is 0 Å². The van der Waals surface area contributed by atoms with E-state index in [1.807, 2.05) is 6.07 Å². The molecular formula is C12H15N3O2S. The van der Waals surface area contributed by atoms with Crippen molar-refractivity contribution in [3.63, 3.8) is 0 Å². The van der Waals surface area contributed by atoms with Crippen LogP contribution in [-0.4, -0.2) is 36.3 Å². The number of hydrogen-bond acceptors (Lipinski definition) is 4. The molecule has 1 unspecified atom stereocenters. The summed E-state index contributed by atoms with van der Waals surface area (Å²) in [4.78, 5) is 25.6. The van der Waals surface area contributed by atoms with Gasteiger partial charge < -0.3 is 10.2 Å². The molecular weight excluding hydrogens is 250 g/mol. The number of likely N-dealkylation sites (N-methyl/N-ethyl adjacent to an activating group) is 1. The summed E-state index contributed by atoms with van der Waals surface area (Å²) in [5.74, 6) is -0.449. The van der Waals surface area contributed by atoms with E-state index in [9.17, 15) is 9.59 Å². The first-order valence-electron chi connectivity index (χ1n) is 5.52. The molecule has 1 N–H and O–H groups in total. The molecule has 1 rings (SSSR count). The summed E-state index contributed by atoms with van der Waals surface area (Å²) in [6, 6.07) is 4.87. The average Bonchev–Trinajstić information content (AvgIpc) is 2.88. The number of amides is 2. The maximum Gasteiger partial charge on any atom is 0.261 e. The third-order valence-electron chi connectivity index (χ3n) is 2.40. The molecule has 2 amide bonds. The van der Waals surface area contributed by atoms with Crippen LogP contribution in [0.3, 0.4) is 0 Å². The second-order valence-electron chi connectivity index (χ2n) is 3.84. The Balaban J connectivity index is 2.50. The van der Waals surface area contributed by atoms with Crippen molar-refractivity contribution in [3.8, 4) is 6.07 Å². The van der Waals surface area contributed by atoms with E-state index in [-0.39, 0.29) is 18.2 Å². The largest absolute Gasteiger partial charge is 0.343 e. The zero-order valence-corrected chi connectivity index (χ0v) is 11.2. The van der Waals surface area contributed by atoms with Gasteiger partial charge in [0.15, 0.2) is 0 Å². The zero-order valence-electron chi connectivity index (χ0n) is 10.3. The van der Waals surface area contributed by atoms with E-state index in [4.69, 9.17) is 5.26 Å². The van der Waals surface area contributed by atoms with Crippen LogP contribution in [0.2, 0.25) is 0 Å². The number of hydrogen-bond donors (Lipinski definition) is 1. The lowest BCUT2D eigenvalue weighted by molar-refractivity contribution is -0.131. The van der Waals surface area contributed by atoms with E-state index in [0.29, 0.717) is 11.4 Å². The molecule has 0 aliphatic rings. The highest BCUT2D eigenvalue weighted by Gasteiger charge is 2.20. The van der Waals surface area contributed by atoms with Gasteiger partial charge in [0, 0.05) is 13.6 Å². The molecule has 18 heavy (non-hydrogen) atoms. The van der Waals surface area contributed by atoms with Crippen molar-refractivity contribution in [2.24, 2.45) is 0 Å². The first kappa shape index (κ1) is 14.2. The van der Waals surface area contributed by atoms with Crippen molar-refractivity contribution >= 4 is 23.2 Å². The molecule has 0 aliphatic heterocycles. The molecule has 1 atom stereocenters. The number of carbonyl (C=O) groups is 2. The van der Waals surface area contributed by atoms with E-state index in [2.05, 4.69) is 5.32 Å². The molecule has 0 spiro atoms. The molecule has 1 aromatic rings. The van der Waals surface area contributed by atoms with Gasteiger partial charge in [0.25, 0.3) is 5.91 Å². The third-order valence-corrected chi connectivity index (χ3v) is 3.27. The van der Waals surface area contributed by atoms with Gasteiger partial charge in [-0.2, -0.15) is 5.26 Å². The maximum absolute atomic E-state index is 11.9. The van der Waals surface area contributed by atoms with Crippen LogP contribution in [0, 0.1) is 11.3 Å². The third kappa shape index (κ3) is 3.86. The van der Waals surface area contributed by atoms with Gasteiger partial charge in [-0.15, -0.1) is 11.3 Å². The zero-order chi connectivity index (χ0) is 13.5. The summed E-state index contributed by atoms with van der Waals surface area (Å²) in [5, 5.41) is 12.9. The molecule has 0 aliphatic carbocycles. The summed E-state index contributed by atoms with van der Waals surface area (Å²) < 4.78 is 0. The quantitative estimate of drug-likeness (QED) is 0.870. The second-order valence-corrected chi connectivity index (χ2v) is 4.79. The number of nitriles is 1. The Morgan fingerprint density at radius 3 is 2.89 bits per heavy atom. The maximum atomic E-state index is 11.9. The number of rotatable bonds is 5. The Kier molecular flexibility index (Phi) is 5.33. The van der Waals surface area contributed by atoms with Crippen molar-refractivity contribution in [1.29, 1.82) is 5.26 Å². The molecule has 0 saturated carbocycles. The SMILES string of the molecule is CC(NC(=O)c1cccs1)C(=O)N(C)CCC#N. The summed E-state index contributed by atoms with van der Waals surface area (Å²) >= 11 is 1.33. The fourth-order valence-corrected chi connectivity index (χ4v) is 2.02. The number of carbonyl (C=O) groups excluding carboxylic acids is 2. The Bertz CT molecular complexity index is 450. The highest BCUT2D eigenvalue weighted by Crippen LogP contribution is 2.08. The van der Waals surface area contributed by atoms with E-state index in [0.717, 1.165) is 0 Å². The first-order chi connectivity index (χ1) is 8.56. The molecule has 0 saturated heterocycles. The average molecular weight is 265 g/mol. The number of nitrogens with one attached hydrogen (secondary N) is 1. The Morgan fingerprint density at radius 1 is 1.61 bits per heavy atom. The molecule has 0 bridgehead atoms. The fraction of sp³-hybridized carbons (Fsp3) is 0.417. The topological polar surface area (TPSA) is 73.2 Å². The molecule has 1 aromatic heterocycles. The molecule has 0 aromatic carbocycles. The van der Waals surface area contributed by atoms with Crippen LogP contribution in [0.5, 0.6) is 0 Å². The van der Waals surface area contributed by atoms with Gasteiger partial charge in [0.2, 0.25) is 5.91 Å². The van der Waals surface area contributed by atoms with Gasteiger partial charge in [-0.3, -0.25) is 9.59 Å². The number of thiophene rings is 1. The molecule has 96 valence electrons. The lowest BCUT2D eigenvalue weighted by Crippen LogP contribution is -2.45. The predicted molar refractivity (Wildman–Crippen MR) is 69.1 cm³/mol. The smallest absolute Gasteiger partial charge is 0.261 e. The van der Waals surface area contributed by atoms with Crippen LogP contribution < -0.4 is 5.32 Å². The minimum Gasteiger partial charge on any atom is -0.343 e. The van der Waals surface area contributed by atoms with Crippen molar-refractivity contribution in [2.45, 2.75) is 19.4 Å². The Morgan fingerprint density at radius 2 is 2.33 bits per heavy atom. The second kappa shape index (κ2) is 6.77. The van der Waals surface area contributed by atoms with Crippen molar-refractivity contribution in [2.75, 3.05) is 13.6 Å². The number of nitrogens with zero attached hydrogens (tertiary/aromatic N) is 2. The highest BCUT2D eigenvalue weighted by atomic mass is 32.1. The van der Waals surface area contributed by atoms with Gasteiger partial charge in [0.1, 0.15) is 6.04 Å². The van der Waals surface area contributed by atoms with Crippen LogP contribution in [0.4, 0.5) is 0 Å². The molecule has 5 nitrogen and oxygen atoms in total. The van der Waals surface area contributed by atoms with Crippen LogP contribution in [-0.2, 0) is 4.79 Å². The standard InChI is InChI=1S/C12H15N3O2S/c1-9(12(17)15(2)7-4-6-13)14-11(16)10-5-3-8-18-10/h3,5,8-9H,4,7H2,1-2H3,(H,14,16). The summed E-state index contributed by atoms with van der Waals surface area (Å²) in [6.07, 6.45) is 0.286. The highest BCUT2D eigenvalue weighted by molar-refractivity contribution is 7.12. The van der Waals surface area contributed by atoms with Crippen LogP contribution in [0.15, 0.2) is 17.5 Å². The first-order valence-corrected chi connectivity index (χ1v) is 6.40. The van der Waals surface area contributed by atoms with E-state index in [1.165, 1.54) is 16.2 Å². The lowest BCUT2D eigenvalue weighted by Gasteiger charge is -2.20. The Hall–Kier alpha value is -1.87. The van der Waals surface area contributed by atoms with Gasteiger partial charge in [-0.05, 0) is 18.4 Å². The van der Waals surface area contributed by atoms with Gasteiger partial charge in [-0.25, -0.2) is 0 Å². The van der Waals surface area contributed by atoms with Crippen LogP contribution in [0.1, 0.15) is 23.0 Å². The molecule has 0 radical (unpaired) electrons. The molecule has 6 heteroatoms. The van der Waals surface area contributed by atoms with Crippen LogP contribution in [0.25, 0.3) is 0 Å². The van der Waals surface area contributed by atoms with Crippen molar-refractivity contribution in [1.82, 2.24) is 10.2 Å². The lowest BCUT2D eigenvalue weighted by atomic mass is 10.2. The minimum atomic E-state index is -0.594. The summed E-state index contributed by atoms with van der Waals surface area (Å²) in [5.41, 5.74) is 0. The van der Waals surface area contributed by atoms with Crippen LogP contribution >= 0.6 is 11.3 Å². The summed E-state index contributed by atoms with van der Waals surface area (Å²) in [7, 11) is 1.62. The molecule has 0 fully saturated rings. The van der Waals surface area contributed by atoms with Crippen molar-refractivity contribution in [3.05, 3.63) is 22.4 Å². The normalized spacial score (nSPS) is 11.4. The Labute approximate surface area is 110 Å². The van der Waals surface area contributed by atoms with Gasteiger partial charge in [0.05, 0.1) is 17.4 Å². The minimum absolute atomic E-state index is 0.199. The van der Waals surface area contributed by atoms with Gasteiger partial charge >= 0.3 is 0 Å². The van der Waals surface area contributed by atoms with E-state index < -0.39 is 6.04 Å². The summed E-state index contributed by atoms with van der Waals surface area (Å²) in [6.45, 7) is 2.01. The van der Waals surface area contributed by atoms with Crippen molar-refractivity contribution < 1.29 is 9.59 Å². The predicted octanol–water partition coefficient (Wildman–Crippen LogP) is 1.24. The molecule has 1 heterocycles. The van der Waals surface area contributed by atoms with Gasteiger partial charge in [-0.1, -0.05) is 6.07 Å².